The summed E-state index contributed by atoms with van der Waals surface area (Å²) < 4.78 is 25.7. The Balaban J connectivity index is 1.96. The number of hydrogen-bond acceptors (Lipinski definition) is 4. The Kier molecular flexibility index (Phi) is 5.16. The van der Waals surface area contributed by atoms with Gasteiger partial charge in [-0.2, -0.15) is 0 Å². The van der Waals surface area contributed by atoms with E-state index in [9.17, 15) is 0 Å². The zero-order valence-corrected chi connectivity index (χ0v) is 19.3. The van der Waals surface area contributed by atoms with Crippen molar-refractivity contribution in [2.45, 2.75) is 103 Å². The van der Waals surface area contributed by atoms with E-state index in [2.05, 4.69) is 93.5 Å². The molecule has 0 saturated carbocycles. The molecular weight excluding hydrogens is 350 g/mol. The van der Waals surface area contributed by atoms with Crippen molar-refractivity contribution in [3.63, 3.8) is 0 Å². The Labute approximate surface area is 171 Å². The van der Waals surface area contributed by atoms with Gasteiger partial charge in [0.15, 0.2) is 0 Å². The second-order valence-electron chi connectivity index (χ2n) is 10.8. The molecule has 0 spiro atoms. The molecule has 0 aromatic heterocycles. The Morgan fingerprint density at radius 1 is 0.714 bits per heavy atom. The summed E-state index contributed by atoms with van der Waals surface area (Å²) in [4.78, 5) is 0. The summed E-state index contributed by atoms with van der Waals surface area (Å²) in [5.74, 6) is 0. The molecule has 0 aliphatic carbocycles. The van der Waals surface area contributed by atoms with Crippen LogP contribution >= 0.6 is 0 Å². The van der Waals surface area contributed by atoms with Gasteiger partial charge in [0.25, 0.3) is 0 Å². The van der Waals surface area contributed by atoms with Crippen LogP contribution < -0.4 is 0 Å². The Hall–Kier alpha value is -0.810. The van der Waals surface area contributed by atoms with Gasteiger partial charge in [-0.3, -0.25) is 0 Å². The smallest absolute Gasteiger partial charge is 0.403 e. The van der Waals surface area contributed by atoms with Crippen LogP contribution in [-0.2, 0) is 23.9 Å². The quantitative estimate of drug-likeness (QED) is 0.685. The summed E-state index contributed by atoms with van der Waals surface area (Å²) in [7, 11) is -0.713. The van der Waals surface area contributed by atoms with E-state index in [4.69, 9.17) is 18.6 Å². The average Bonchev–Trinajstić information content (AvgIpc) is 2.87. The van der Waals surface area contributed by atoms with E-state index >= 15 is 0 Å². The van der Waals surface area contributed by atoms with Crippen LogP contribution in [0.1, 0.15) is 73.4 Å². The first-order valence-corrected chi connectivity index (χ1v) is 10.4. The molecule has 0 amide bonds. The highest BCUT2D eigenvalue weighted by atomic mass is 16.7. The molecule has 2 saturated heterocycles. The molecule has 0 bridgehead atoms. The van der Waals surface area contributed by atoms with E-state index in [1.54, 1.807) is 0 Å². The Morgan fingerprint density at radius 3 is 1.54 bits per heavy atom. The number of hydrogen-bond donors (Lipinski definition) is 0. The summed E-state index contributed by atoms with van der Waals surface area (Å²) in [6.45, 7) is 21.0. The first-order valence-electron chi connectivity index (χ1n) is 10.4. The van der Waals surface area contributed by atoms with Crippen molar-refractivity contribution in [2.75, 3.05) is 0 Å². The van der Waals surface area contributed by atoms with E-state index in [1.807, 2.05) is 0 Å². The molecule has 3 rings (SSSR count). The maximum atomic E-state index is 6.49. The van der Waals surface area contributed by atoms with E-state index in [-0.39, 0.29) is 36.6 Å². The van der Waals surface area contributed by atoms with Crippen LogP contribution in [0.5, 0.6) is 0 Å². The van der Waals surface area contributed by atoms with Gasteiger partial charge in [0, 0.05) is 5.31 Å². The molecule has 0 radical (unpaired) electrons. The minimum absolute atomic E-state index is 0.324. The first kappa shape index (κ1) is 21.9. The van der Waals surface area contributed by atoms with Gasteiger partial charge in [-0.1, -0.05) is 36.8 Å². The molecule has 28 heavy (non-hydrogen) atoms. The third kappa shape index (κ3) is 3.58. The fourth-order valence-electron chi connectivity index (χ4n) is 3.78. The molecule has 2 fully saturated rings. The highest BCUT2D eigenvalue weighted by Gasteiger charge is 2.61. The SMILES string of the molecule is Cc1ccc([C@@](C)(CB2OC(C)(C)C(C)(C)O2)B2OC(C)(C)C(C)(C)O2)cc1. The molecule has 1 aromatic rings. The Morgan fingerprint density at radius 2 is 1.11 bits per heavy atom. The van der Waals surface area contributed by atoms with Crippen molar-refractivity contribution in [3.8, 4) is 0 Å². The molecule has 2 aliphatic heterocycles. The summed E-state index contributed by atoms with van der Waals surface area (Å²) in [6.07, 6.45) is 0.653. The topological polar surface area (TPSA) is 36.9 Å². The van der Waals surface area contributed by atoms with Gasteiger partial charge in [-0.25, -0.2) is 0 Å². The van der Waals surface area contributed by atoms with E-state index in [0.29, 0.717) is 6.32 Å². The summed E-state index contributed by atoms with van der Waals surface area (Å²) in [5, 5.41) is -0.417. The first-order chi connectivity index (χ1) is 12.6. The third-order valence-electron chi connectivity index (χ3n) is 7.38. The van der Waals surface area contributed by atoms with Gasteiger partial charge in [0.2, 0.25) is 0 Å². The van der Waals surface area contributed by atoms with Crippen molar-refractivity contribution in [3.05, 3.63) is 35.4 Å². The Bertz CT molecular complexity index is 695. The maximum Gasteiger partial charge on any atom is 0.468 e. The molecule has 154 valence electrons. The van der Waals surface area contributed by atoms with E-state index in [1.165, 1.54) is 11.1 Å². The van der Waals surface area contributed by atoms with Crippen molar-refractivity contribution in [2.24, 2.45) is 0 Å². The molecule has 2 aliphatic rings. The molecule has 1 aromatic carbocycles. The molecule has 0 N–H and O–H groups in total. The fraction of sp³-hybridized carbons (Fsp3) is 0.727. The summed E-state index contributed by atoms with van der Waals surface area (Å²) in [5.41, 5.74) is 0.907. The van der Waals surface area contributed by atoms with Crippen molar-refractivity contribution >= 4 is 14.2 Å². The van der Waals surface area contributed by atoms with Gasteiger partial charge >= 0.3 is 14.2 Å². The second-order valence-corrected chi connectivity index (χ2v) is 10.8. The van der Waals surface area contributed by atoms with Crippen LogP contribution in [-0.4, -0.2) is 36.6 Å². The van der Waals surface area contributed by atoms with E-state index in [0.717, 1.165) is 0 Å². The lowest BCUT2D eigenvalue weighted by molar-refractivity contribution is 0.00578. The zero-order valence-electron chi connectivity index (χ0n) is 19.3. The standard InChI is InChI=1S/C22H36B2O4/c1-16-11-13-17(14-12-16)22(10,24-27-20(6,7)21(8,9)28-24)15-23-25-18(2,3)19(4,5)26-23/h11-14H,15H2,1-10H3/t22-/m1/s1. The molecule has 0 unspecified atom stereocenters. The van der Waals surface area contributed by atoms with Gasteiger partial charge in [-0.15, -0.1) is 0 Å². The highest BCUT2D eigenvalue weighted by Crippen LogP contribution is 2.47. The predicted octanol–water partition coefficient (Wildman–Crippen LogP) is 4.98. The van der Waals surface area contributed by atoms with Gasteiger partial charge in [-0.05, 0) is 74.2 Å². The van der Waals surface area contributed by atoms with Crippen LogP contribution in [0.4, 0.5) is 0 Å². The third-order valence-corrected chi connectivity index (χ3v) is 7.38. The zero-order chi connectivity index (χ0) is 21.2. The summed E-state index contributed by atoms with van der Waals surface area (Å²) in [6, 6.07) is 8.63. The van der Waals surface area contributed by atoms with Gasteiger partial charge < -0.3 is 18.6 Å². The molecular formula is C22H36B2O4. The van der Waals surface area contributed by atoms with Crippen molar-refractivity contribution in [1.29, 1.82) is 0 Å². The van der Waals surface area contributed by atoms with Gasteiger partial charge in [0.05, 0.1) is 22.4 Å². The summed E-state index contributed by atoms with van der Waals surface area (Å²) >= 11 is 0. The van der Waals surface area contributed by atoms with Crippen LogP contribution in [0.15, 0.2) is 24.3 Å². The van der Waals surface area contributed by atoms with Crippen LogP contribution in [0.2, 0.25) is 6.32 Å². The minimum atomic E-state index is -0.417. The van der Waals surface area contributed by atoms with Crippen LogP contribution in [0.3, 0.4) is 0 Å². The lowest BCUT2D eigenvalue weighted by Crippen LogP contribution is -2.46. The minimum Gasteiger partial charge on any atom is -0.403 e. The molecule has 1 atom stereocenters. The van der Waals surface area contributed by atoms with Crippen molar-refractivity contribution in [1.82, 2.24) is 0 Å². The molecule has 2 heterocycles. The molecule has 4 nitrogen and oxygen atoms in total. The largest absolute Gasteiger partial charge is 0.468 e. The van der Waals surface area contributed by atoms with Crippen molar-refractivity contribution < 1.29 is 18.6 Å². The maximum absolute atomic E-state index is 6.49. The average molecular weight is 386 g/mol. The normalized spacial score (nSPS) is 27.1. The number of rotatable bonds is 4. The van der Waals surface area contributed by atoms with Crippen LogP contribution in [0, 0.1) is 6.92 Å². The van der Waals surface area contributed by atoms with Crippen LogP contribution in [0.25, 0.3) is 0 Å². The number of aryl methyl sites for hydroxylation is 1. The fourth-order valence-corrected chi connectivity index (χ4v) is 3.78. The van der Waals surface area contributed by atoms with E-state index < -0.39 is 5.31 Å². The second kappa shape index (κ2) is 6.60. The lowest BCUT2D eigenvalue weighted by Gasteiger charge is -2.33. The lowest BCUT2D eigenvalue weighted by atomic mass is 9.47. The monoisotopic (exact) mass is 386 g/mol. The highest BCUT2D eigenvalue weighted by molar-refractivity contribution is 6.55. The van der Waals surface area contributed by atoms with Gasteiger partial charge in [0.1, 0.15) is 0 Å². The molecule has 6 heteroatoms. The number of benzene rings is 1. The predicted molar refractivity (Wildman–Crippen MR) is 116 cm³/mol.